The lowest BCUT2D eigenvalue weighted by Crippen LogP contribution is -2.26. The van der Waals surface area contributed by atoms with Gasteiger partial charge in [0, 0.05) is 30.9 Å². The molecule has 0 saturated carbocycles. The fraction of sp³-hybridized carbons (Fsp3) is 0.444. The van der Waals surface area contributed by atoms with Crippen LogP contribution in [0.15, 0.2) is 29.2 Å². The highest BCUT2D eigenvalue weighted by molar-refractivity contribution is 7.89. The van der Waals surface area contributed by atoms with Crippen LogP contribution in [0.4, 0.5) is 5.82 Å². The van der Waals surface area contributed by atoms with Crippen LogP contribution in [0.1, 0.15) is 24.4 Å². The summed E-state index contributed by atoms with van der Waals surface area (Å²) < 4.78 is 38.4. The minimum atomic E-state index is -3.83. The van der Waals surface area contributed by atoms with Crippen LogP contribution in [0, 0.1) is 6.92 Å². The molecule has 0 unspecified atom stereocenters. The minimum Gasteiger partial charge on any atom is -0.497 e. The maximum Gasteiger partial charge on any atom is 0.244 e. The van der Waals surface area contributed by atoms with E-state index in [2.05, 4.69) is 19.6 Å². The number of aryl methyl sites for hydroxylation is 1. The number of ether oxygens (including phenoxy) is 2. The molecule has 8 nitrogen and oxygen atoms in total. The van der Waals surface area contributed by atoms with Crippen molar-refractivity contribution in [3.63, 3.8) is 0 Å². The third kappa shape index (κ3) is 4.48. The van der Waals surface area contributed by atoms with Crippen LogP contribution >= 0.6 is 0 Å². The van der Waals surface area contributed by atoms with Gasteiger partial charge in [-0.15, -0.1) is 0 Å². The molecule has 1 saturated heterocycles. The molecule has 0 atom stereocenters. The van der Waals surface area contributed by atoms with Gasteiger partial charge in [0.05, 0.1) is 20.8 Å². The average molecular weight is 392 g/mol. The van der Waals surface area contributed by atoms with Gasteiger partial charge in [0.25, 0.3) is 0 Å². The van der Waals surface area contributed by atoms with Crippen LogP contribution in [-0.2, 0) is 16.6 Å². The Morgan fingerprint density at radius 3 is 2.52 bits per heavy atom. The van der Waals surface area contributed by atoms with Gasteiger partial charge in [-0.1, -0.05) is 0 Å². The van der Waals surface area contributed by atoms with Crippen LogP contribution < -0.4 is 19.1 Å². The SMILES string of the molecule is COc1ccc(OC)c(S(=O)(=O)NCc2nc(C)cc(N3CCCC3)n2)c1. The molecule has 2 heterocycles. The number of methoxy groups -OCH3 is 2. The van der Waals surface area contributed by atoms with E-state index in [4.69, 9.17) is 9.47 Å². The highest BCUT2D eigenvalue weighted by atomic mass is 32.2. The Bertz CT molecular complexity index is 912. The maximum atomic E-state index is 12.8. The van der Waals surface area contributed by atoms with Crippen molar-refractivity contribution in [3.05, 3.63) is 35.8 Å². The van der Waals surface area contributed by atoms with E-state index in [-0.39, 0.29) is 17.2 Å². The van der Waals surface area contributed by atoms with Crippen molar-refractivity contribution in [2.24, 2.45) is 0 Å². The highest BCUT2D eigenvalue weighted by Gasteiger charge is 2.21. The first-order valence-corrected chi connectivity index (χ1v) is 10.2. The Labute approximate surface area is 159 Å². The van der Waals surface area contributed by atoms with Gasteiger partial charge in [-0.3, -0.25) is 0 Å². The first kappa shape index (κ1) is 19.4. The first-order valence-electron chi connectivity index (χ1n) is 8.74. The van der Waals surface area contributed by atoms with E-state index in [1.165, 1.54) is 20.3 Å². The number of nitrogens with zero attached hydrogens (tertiary/aromatic N) is 3. The van der Waals surface area contributed by atoms with Crippen molar-refractivity contribution in [1.29, 1.82) is 0 Å². The molecule has 1 aromatic carbocycles. The third-order valence-electron chi connectivity index (χ3n) is 4.40. The van der Waals surface area contributed by atoms with E-state index in [0.29, 0.717) is 11.6 Å². The monoisotopic (exact) mass is 392 g/mol. The molecular weight excluding hydrogens is 368 g/mol. The number of sulfonamides is 1. The molecular formula is C18H24N4O4S. The fourth-order valence-corrected chi connectivity index (χ4v) is 4.19. The fourth-order valence-electron chi connectivity index (χ4n) is 3.03. The summed E-state index contributed by atoms with van der Waals surface area (Å²) in [6, 6.07) is 6.55. The van der Waals surface area contributed by atoms with E-state index < -0.39 is 10.0 Å². The Balaban J connectivity index is 1.81. The van der Waals surface area contributed by atoms with Gasteiger partial charge in [0.15, 0.2) is 0 Å². The van der Waals surface area contributed by atoms with Crippen LogP contribution in [-0.4, -0.2) is 45.7 Å². The summed E-state index contributed by atoms with van der Waals surface area (Å²) in [5.41, 5.74) is 0.806. The molecule has 1 fully saturated rings. The normalized spacial score (nSPS) is 14.4. The van der Waals surface area contributed by atoms with Gasteiger partial charge in [-0.25, -0.2) is 23.1 Å². The predicted octanol–water partition coefficient (Wildman–Crippen LogP) is 1.88. The lowest BCUT2D eigenvalue weighted by atomic mass is 10.3. The number of benzene rings is 1. The van der Waals surface area contributed by atoms with Crippen molar-refractivity contribution >= 4 is 15.8 Å². The number of anilines is 1. The summed E-state index contributed by atoms with van der Waals surface area (Å²) in [4.78, 5) is 11.1. The second-order valence-electron chi connectivity index (χ2n) is 6.32. The smallest absolute Gasteiger partial charge is 0.244 e. The number of aromatic nitrogens is 2. The Hall–Kier alpha value is -2.39. The number of hydrogen-bond acceptors (Lipinski definition) is 7. The van der Waals surface area contributed by atoms with Gasteiger partial charge in [-0.2, -0.15) is 0 Å². The quantitative estimate of drug-likeness (QED) is 0.769. The molecule has 9 heteroatoms. The second-order valence-corrected chi connectivity index (χ2v) is 8.05. The first-order chi connectivity index (χ1) is 12.9. The van der Waals surface area contributed by atoms with Crippen molar-refractivity contribution in [1.82, 2.24) is 14.7 Å². The zero-order chi connectivity index (χ0) is 19.4. The second kappa shape index (κ2) is 8.10. The lowest BCUT2D eigenvalue weighted by molar-refractivity contribution is 0.392. The lowest BCUT2D eigenvalue weighted by Gasteiger charge is -2.17. The van der Waals surface area contributed by atoms with E-state index in [1.54, 1.807) is 12.1 Å². The molecule has 0 radical (unpaired) electrons. The Morgan fingerprint density at radius 1 is 1.11 bits per heavy atom. The number of hydrogen-bond donors (Lipinski definition) is 1. The third-order valence-corrected chi connectivity index (χ3v) is 5.82. The zero-order valence-corrected chi connectivity index (χ0v) is 16.5. The molecule has 146 valence electrons. The van der Waals surface area contributed by atoms with E-state index in [1.807, 2.05) is 13.0 Å². The summed E-state index contributed by atoms with van der Waals surface area (Å²) in [5.74, 6) is 1.95. The standard InChI is InChI=1S/C18H24N4O4S/c1-13-10-18(22-8-4-5-9-22)21-17(20-13)12-19-27(23,24)16-11-14(25-2)6-7-15(16)26-3/h6-7,10-11,19H,4-5,8-9,12H2,1-3H3. The predicted molar refractivity (Wildman–Crippen MR) is 102 cm³/mol. The molecule has 1 N–H and O–H groups in total. The highest BCUT2D eigenvalue weighted by Crippen LogP contribution is 2.28. The van der Waals surface area contributed by atoms with E-state index in [0.717, 1.165) is 37.4 Å². The molecule has 0 aliphatic carbocycles. The van der Waals surface area contributed by atoms with Crippen LogP contribution in [0.3, 0.4) is 0 Å². The molecule has 3 rings (SSSR count). The van der Waals surface area contributed by atoms with Crippen LogP contribution in [0.2, 0.25) is 0 Å². The van der Waals surface area contributed by atoms with Gasteiger partial charge < -0.3 is 14.4 Å². The van der Waals surface area contributed by atoms with Gasteiger partial charge in [0.2, 0.25) is 10.0 Å². The van der Waals surface area contributed by atoms with Crippen molar-refractivity contribution in [2.75, 3.05) is 32.2 Å². The molecule has 1 aromatic heterocycles. The van der Waals surface area contributed by atoms with Gasteiger partial charge >= 0.3 is 0 Å². The molecule has 0 amide bonds. The molecule has 1 aliphatic heterocycles. The largest absolute Gasteiger partial charge is 0.497 e. The molecule has 0 bridgehead atoms. The van der Waals surface area contributed by atoms with Crippen LogP contribution in [0.25, 0.3) is 0 Å². The van der Waals surface area contributed by atoms with Crippen LogP contribution in [0.5, 0.6) is 11.5 Å². The van der Waals surface area contributed by atoms with Crippen molar-refractivity contribution in [2.45, 2.75) is 31.2 Å². The van der Waals surface area contributed by atoms with Gasteiger partial charge in [-0.05, 0) is 31.9 Å². The summed E-state index contributed by atoms with van der Waals surface area (Å²) >= 11 is 0. The maximum absolute atomic E-state index is 12.8. The number of nitrogens with one attached hydrogen (secondary N) is 1. The Morgan fingerprint density at radius 2 is 1.85 bits per heavy atom. The summed E-state index contributed by atoms with van der Waals surface area (Å²) in [7, 11) is -0.925. The average Bonchev–Trinajstić information content (AvgIpc) is 3.20. The number of rotatable bonds is 7. The van der Waals surface area contributed by atoms with Crippen molar-refractivity contribution in [3.8, 4) is 11.5 Å². The molecule has 0 spiro atoms. The van der Waals surface area contributed by atoms with Crippen molar-refractivity contribution < 1.29 is 17.9 Å². The van der Waals surface area contributed by atoms with E-state index >= 15 is 0 Å². The summed E-state index contributed by atoms with van der Waals surface area (Å²) in [5, 5.41) is 0. The molecule has 27 heavy (non-hydrogen) atoms. The van der Waals surface area contributed by atoms with Gasteiger partial charge in [0.1, 0.15) is 28.0 Å². The van der Waals surface area contributed by atoms with E-state index in [9.17, 15) is 8.42 Å². The molecule has 2 aromatic rings. The minimum absolute atomic E-state index is 0.00871. The summed E-state index contributed by atoms with van der Waals surface area (Å²) in [6.07, 6.45) is 2.28. The Kier molecular flexibility index (Phi) is 5.81. The summed E-state index contributed by atoms with van der Waals surface area (Å²) in [6.45, 7) is 3.79. The topological polar surface area (TPSA) is 93.6 Å². The zero-order valence-electron chi connectivity index (χ0n) is 15.7. The molecule has 1 aliphatic rings.